The Kier molecular flexibility index (Phi) is 5.75. The molecule has 2 aliphatic rings. The lowest BCUT2D eigenvalue weighted by atomic mass is 10.1. The Labute approximate surface area is 176 Å². The number of nitrogens with one attached hydrogen (secondary N) is 1. The van der Waals surface area contributed by atoms with Crippen LogP contribution in [0, 0.1) is 0 Å². The third kappa shape index (κ3) is 4.46. The molecule has 0 saturated carbocycles. The molecule has 0 radical (unpaired) electrons. The number of aromatic nitrogens is 2. The van der Waals surface area contributed by atoms with Crippen LogP contribution in [0.15, 0.2) is 35.1 Å². The van der Waals surface area contributed by atoms with Gasteiger partial charge in [0.1, 0.15) is 5.82 Å². The van der Waals surface area contributed by atoms with Crippen LogP contribution in [0.3, 0.4) is 0 Å². The quantitative estimate of drug-likeness (QED) is 0.763. The minimum absolute atomic E-state index is 0.0442. The van der Waals surface area contributed by atoms with Gasteiger partial charge in [0.25, 0.3) is 5.56 Å². The summed E-state index contributed by atoms with van der Waals surface area (Å²) >= 11 is 0. The van der Waals surface area contributed by atoms with Crippen LogP contribution in [0.2, 0.25) is 0 Å². The van der Waals surface area contributed by atoms with Gasteiger partial charge in [-0.05, 0) is 24.8 Å². The number of sulfonamides is 1. The van der Waals surface area contributed by atoms with Gasteiger partial charge in [0.15, 0.2) is 0 Å². The van der Waals surface area contributed by atoms with Crippen LogP contribution >= 0.6 is 0 Å². The third-order valence-electron chi connectivity index (χ3n) is 5.92. The summed E-state index contributed by atoms with van der Waals surface area (Å²) in [4.78, 5) is 34.4. The number of carbonyl (C=O) groups is 1. The summed E-state index contributed by atoms with van der Waals surface area (Å²) in [5.41, 5.74) is 2.03. The maximum absolute atomic E-state index is 12.6. The molecule has 8 nitrogen and oxygen atoms in total. The molecular weight excluding hydrogens is 404 g/mol. The highest BCUT2D eigenvalue weighted by atomic mass is 32.2. The number of nitrogens with zero attached hydrogens (tertiary/aromatic N) is 3. The number of fused-ring (bicyclic) bond motifs is 1. The van der Waals surface area contributed by atoms with Crippen molar-refractivity contribution in [2.45, 2.75) is 38.1 Å². The summed E-state index contributed by atoms with van der Waals surface area (Å²) in [5, 5.41) is 0. The zero-order chi connectivity index (χ0) is 21.3. The first kappa shape index (κ1) is 20.7. The third-order valence-corrected chi connectivity index (χ3v) is 7.17. The molecule has 1 atom stereocenters. The Morgan fingerprint density at radius 2 is 2.00 bits per heavy atom. The molecule has 2 aliphatic heterocycles. The Morgan fingerprint density at radius 1 is 1.23 bits per heavy atom. The fourth-order valence-corrected chi connectivity index (χ4v) is 4.96. The molecule has 1 N–H and O–H groups in total. The Balaban J connectivity index is 1.43. The molecule has 2 aromatic rings. The van der Waals surface area contributed by atoms with Crippen LogP contribution in [0.4, 0.5) is 0 Å². The highest BCUT2D eigenvalue weighted by molar-refractivity contribution is 7.88. The second kappa shape index (κ2) is 8.31. The van der Waals surface area contributed by atoms with E-state index in [0.29, 0.717) is 56.0 Å². The van der Waals surface area contributed by atoms with Crippen molar-refractivity contribution < 1.29 is 13.2 Å². The molecule has 0 spiro atoms. The lowest BCUT2D eigenvalue weighted by molar-refractivity contribution is -0.130. The van der Waals surface area contributed by atoms with Crippen LogP contribution in [-0.4, -0.2) is 59.4 Å². The molecule has 4 rings (SSSR count). The number of aryl methyl sites for hydroxylation is 1. The lowest BCUT2D eigenvalue weighted by Gasteiger charge is -2.26. The van der Waals surface area contributed by atoms with E-state index in [1.165, 1.54) is 10.6 Å². The van der Waals surface area contributed by atoms with E-state index >= 15 is 0 Å². The number of rotatable bonds is 5. The first-order chi connectivity index (χ1) is 14.3. The van der Waals surface area contributed by atoms with Gasteiger partial charge in [0.2, 0.25) is 15.9 Å². The molecule has 0 bridgehead atoms. The summed E-state index contributed by atoms with van der Waals surface area (Å²) in [7, 11) is -3.33. The molecule has 1 unspecified atom stereocenters. The van der Waals surface area contributed by atoms with Crippen molar-refractivity contribution in [3.05, 3.63) is 63.3 Å². The zero-order valence-electron chi connectivity index (χ0n) is 17.0. The minimum atomic E-state index is -3.33. The molecule has 1 amide bonds. The largest absolute Gasteiger partial charge is 0.342 e. The van der Waals surface area contributed by atoms with Crippen LogP contribution in [-0.2, 0) is 34.2 Å². The molecule has 1 saturated heterocycles. The molecule has 1 fully saturated rings. The standard InChI is InChI=1S/C21H26N4O4S/c1-30(28,29)25-12-10-17-18(14-25)22-20(23-21(17)27)16-9-11-24(13-16)19(26)8-7-15-5-3-2-4-6-15/h2-6,16H,7-14H2,1H3,(H,22,23,27). The van der Waals surface area contributed by atoms with E-state index in [4.69, 9.17) is 0 Å². The van der Waals surface area contributed by atoms with Crippen molar-refractivity contribution in [3.63, 3.8) is 0 Å². The molecule has 30 heavy (non-hydrogen) atoms. The highest BCUT2D eigenvalue weighted by Crippen LogP contribution is 2.26. The Bertz CT molecular complexity index is 1100. The summed E-state index contributed by atoms with van der Waals surface area (Å²) in [6.45, 7) is 1.57. The van der Waals surface area contributed by atoms with Gasteiger partial charge in [-0.3, -0.25) is 9.59 Å². The number of hydrogen-bond acceptors (Lipinski definition) is 5. The number of carbonyl (C=O) groups excluding carboxylic acids is 1. The Hall–Kier alpha value is -2.52. The van der Waals surface area contributed by atoms with E-state index in [-0.39, 0.29) is 23.9 Å². The van der Waals surface area contributed by atoms with Gasteiger partial charge in [0, 0.05) is 37.5 Å². The maximum atomic E-state index is 12.6. The number of hydrogen-bond donors (Lipinski definition) is 1. The smallest absolute Gasteiger partial charge is 0.254 e. The second-order valence-corrected chi connectivity index (χ2v) is 10.0. The number of H-pyrrole nitrogens is 1. The SMILES string of the molecule is CS(=O)(=O)N1CCc2c(nc(C3CCN(C(=O)CCc4ccccc4)C3)[nH]c2=O)C1. The molecule has 0 aliphatic carbocycles. The summed E-state index contributed by atoms with van der Waals surface area (Å²) in [6.07, 6.45) is 3.42. The predicted octanol–water partition coefficient (Wildman–Crippen LogP) is 1.04. The summed E-state index contributed by atoms with van der Waals surface area (Å²) in [5.74, 6) is 0.606. The Morgan fingerprint density at radius 3 is 2.73 bits per heavy atom. The van der Waals surface area contributed by atoms with Crippen LogP contribution in [0.5, 0.6) is 0 Å². The van der Waals surface area contributed by atoms with Gasteiger partial charge in [-0.15, -0.1) is 0 Å². The number of aromatic amines is 1. The van der Waals surface area contributed by atoms with Crippen molar-refractivity contribution in [3.8, 4) is 0 Å². The summed E-state index contributed by atoms with van der Waals surface area (Å²) < 4.78 is 25.1. The van der Waals surface area contributed by atoms with Crippen LogP contribution in [0.1, 0.15) is 41.4 Å². The van der Waals surface area contributed by atoms with Gasteiger partial charge in [-0.1, -0.05) is 30.3 Å². The number of benzene rings is 1. The van der Waals surface area contributed by atoms with Crippen LogP contribution < -0.4 is 5.56 Å². The van der Waals surface area contributed by atoms with Crippen molar-refractivity contribution in [1.29, 1.82) is 0 Å². The van der Waals surface area contributed by atoms with Gasteiger partial charge >= 0.3 is 0 Å². The monoisotopic (exact) mass is 430 g/mol. The topological polar surface area (TPSA) is 103 Å². The first-order valence-electron chi connectivity index (χ1n) is 10.2. The average Bonchev–Trinajstić information content (AvgIpc) is 3.22. The average molecular weight is 431 g/mol. The molecule has 1 aromatic heterocycles. The van der Waals surface area contributed by atoms with Crippen molar-refractivity contribution in [1.82, 2.24) is 19.2 Å². The number of amides is 1. The lowest BCUT2D eigenvalue weighted by Crippen LogP contribution is -2.39. The maximum Gasteiger partial charge on any atom is 0.254 e. The fourth-order valence-electron chi connectivity index (χ4n) is 4.18. The molecule has 3 heterocycles. The molecule has 1 aromatic carbocycles. The van der Waals surface area contributed by atoms with E-state index in [1.807, 2.05) is 35.2 Å². The normalized spacial score (nSPS) is 19.6. The van der Waals surface area contributed by atoms with Gasteiger partial charge < -0.3 is 9.88 Å². The zero-order valence-corrected chi connectivity index (χ0v) is 17.8. The molecule has 9 heteroatoms. The predicted molar refractivity (Wildman–Crippen MR) is 113 cm³/mol. The van der Waals surface area contributed by atoms with E-state index in [1.54, 1.807) is 0 Å². The van der Waals surface area contributed by atoms with Gasteiger partial charge in [-0.25, -0.2) is 13.4 Å². The molecular formula is C21H26N4O4S. The van der Waals surface area contributed by atoms with Crippen LogP contribution in [0.25, 0.3) is 0 Å². The van der Waals surface area contributed by atoms with E-state index in [2.05, 4.69) is 9.97 Å². The van der Waals surface area contributed by atoms with Gasteiger partial charge in [0.05, 0.1) is 18.5 Å². The van der Waals surface area contributed by atoms with Gasteiger partial charge in [-0.2, -0.15) is 4.31 Å². The first-order valence-corrected chi connectivity index (χ1v) is 12.0. The minimum Gasteiger partial charge on any atom is -0.342 e. The van der Waals surface area contributed by atoms with Crippen molar-refractivity contribution >= 4 is 15.9 Å². The fraction of sp³-hybridized carbons (Fsp3) is 0.476. The van der Waals surface area contributed by atoms with E-state index in [0.717, 1.165) is 12.0 Å². The summed E-state index contributed by atoms with van der Waals surface area (Å²) in [6, 6.07) is 9.92. The van der Waals surface area contributed by atoms with Crippen molar-refractivity contribution in [2.75, 3.05) is 25.9 Å². The number of likely N-dealkylation sites (tertiary alicyclic amines) is 1. The van der Waals surface area contributed by atoms with Crippen molar-refractivity contribution in [2.24, 2.45) is 0 Å². The second-order valence-electron chi connectivity index (χ2n) is 8.03. The van der Waals surface area contributed by atoms with E-state index < -0.39 is 10.0 Å². The van der Waals surface area contributed by atoms with E-state index in [9.17, 15) is 18.0 Å². The molecule has 160 valence electrons. The highest BCUT2D eigenvalue weighted by Gasteiger charge is 2.31.